The van der Waals surface area contributed by atoms with Crippen molar-refractivity contribution in [3.63, 3.8) is 0 Å². The number of carbonyl (C=O) groups excluding carboxylic acids is 3. The third-order valence-corrected chi connectivity index (χ3v) is 8.03. The first kappa shape index (κ1) is 33.3. The maximum absolute atomic E-state index is 13.5. The van der Waals surface area contributed by atoms with Gasteiger partial charge >= 0.3 is 0 Å². The number of pyridine rings is 1. The SMILES string of the molecule is CCCCS(=O)(=O)C[C@@H](NC(=O)c1cccnc1)C(=O)N[C@@H](Cc1ccccc1)[C@@H](O)[C@H](O)[C@@H](CC#N)NC(C)=O. The minimum absolute atomic E-state index is 0.00993. The molecule has 222 valence electrons. The van der Waals surface area contributed by atoms with Gasteiger partial charge in [0.05, 0.1) is 41.6 Å². The molecule has 2 rings (SSSR count). The number of hydrogen-bond donors (Lipinski definition) is 5. The summed E-state index contributed by atoms with van der Waals surface area (Å²) in [6.45, 7) is 3.02. The van der Waals surface area contributed by atoms with Gasteiger partial charge in [-0.1, -0.05) is 43.7 Å². The Labute approximate surface area is 240 Å². The molecule has 0 aliphatic rings. The first-order valence-electron chi connectivity index (χ1n) is 13.2. The van der Waals surface area contributed by atoms with Gasteiger partial charge in [0.15, 0.2) is 9.84 Å². The number of nitriles is 1. The number of sulfone groups is 1. The van der Waals surface area contributed by atoms with E-state index in [-0.39, 0.29) is 24.2 Å². The summed E-state index contributed by atoms with van der Waals surface area (Å²) in [4.78, 5) is 41.9. The van der Waals surface area contributed by atoms with Crippen LogP contribution in [0.4, 0.5) is 0 Å². The molecule has 1 heterocycles. The molecule has 0 bridgehead atoms. The van der Waals surface area contributed by atoms with Crippen molar-refractivity contribution in [3.8, 4) is 6.07 Å². The smallest absolute Gasteiger partial charge is 0.253 e. The van der Waals surface area contributed by atoms with E-state index in [0.29, 0.717) is 18.4 Å². The molecule has 2 aromatic rings. The van der Waals surface area contributed by atoms with Crippen molar-refractivity contribution in [3.05, 3.63) is 66.0 Å². The first-order chi connectivity index (χ1) is 19.5. The summed E-state index contributed by atoms with van der Waals surface area (Å²) in [5, 5.41) is 38.7. The van der Waals surface area contributed by atoms with Gasteiger partial charge in [0.2, 0.25) is 11.8 Å². The van der Waals surface area contributed by atoms with Gasteiger partial charge in [-0.25, -0.2) is 8.42 Å². The lowest BCUT2D eigenvalue weighted by atomic mass is 9.92. The second kappa shape index (κ2) is 16.4. The fraction of sp³-hybridized carbons (Fsp3) is 0.464. The lowest BCUT2D eigenvalue weighted by molar-refractivity contribution is -0.126. The van der Waals surface area contributed by atoms with Crippen LogP contribution in [0.15, 0.2) is 54.9 Å². The maximum atomic E-state index is 13.5. The van der Waals surface area contributed by atoms with Crippen LogP contribution in [0.2, 0.25) is 0 Å². The number of hydrogen-bond acceptors (Lipinski definition) is 9. The van der Waals surface area contributed by atoms with Crippen LogP contribution in [0.3, 0.4) is 0 Å². The van der Waals surface area contributed by atoms with Crippen LogP contribution in [0.25, 0.3) is 0 Å². The van der Waals surface area contributed by atoms with Gasteiger partial charge in [-0.15, -0.1) is 0 Å². The average molecular weight is 588 g/mol. The van der Waals surface area contributed by atoms with Crippen LogP contribution in [0.1, 0.15) is 49.0 Å². The Morgan fingerprint density at radius 1 is 1.00 bits per heavy atom. The predicted octanol–water partition coefficient (Wildman–Crippen LogP) is 0.263. The Bertz CT molecular complexity index is 1290. The molecule has 0 unspecified atom stereocenters. The zero-order valence-corrected chi connectivity index (χ0v) is 23.9. The standard InChI is InChI=1S/C28H37N5O7S/c1-3-4-15-41(39,40)18-24(33-27(37)21-11-8-14-30-17-21)28(38)32-23(16-20-9-6-5-7-10-20)26(36)25(35)22(12-13-29)31-19(2)34/h5-11,14,17,22-26,35-36H,3-4,12,15-16,18H2,1-2H3,(H,31,34)(H,32,38)(H,33,37)/t22-,23+,24-,25-,26-/m1/s1. The fourth-order valence-electron chi connectivity index (χ4n) is 4.12. The maximum Gasteiger partial charge on any atom is 0.253 e. The number of rotatable bonds is 16. The number of benzene rings is 1. The van der Waals surface area contributed by atoms with E-state index in [9.17, 15) is 33.0 Å². The van der Waals surface area contributed by atoms with Crippen molar-refractivity contribution in [2.75, 3.05) is 11.5 Å². The highest BCUT2D eigenvalue weighted by atomic mass is 32.2. The largest absolute Gasteiger partial charge is 0.388 e. The van der Waals surface area contributed by atoms with Gasteiger partial charge < -0.3 is 26.2 Å². The molecule has 0 saturated heterocycles. The van der Waals surface area contributed by atoms with E-state index in [2.05, 4.69) is 20.9 Å². The summed E-state index contributed by atoms with van der Waals surface area (Å²) in [5.74, 6) is -3.02. The van der Waals surface area contributed by atoms with Crippen LogP contribution in [-0.4, -0.2) is 83.2 Å². The van der Waals surface area contributed by atoms with Crippen molar-refractivity contribution < 1.29 is 33.0 Å². The summed E-state index contributed by atoms with van der Waals surface area (Å²) in [5.41, 5.74) is 0.786. The summed E-state index contributed by atoms with van der Waals surface area (Å²) in [7, 11) is -3.77. The van der Waals surface area contributed by atoms with Crippen molar-refractivity contribution in [1.82, 2.24) is 20.9 Å². The molecule has 0 spiro atoms. The molecule has 5 N–H and O–H groups in total. The predicted molar refractivity (Wildman–Crippen MR) is 151 cm³/mol. The lowest BCUT2D eigenvalue weighted by Gasteiger charge is -2.33. The number of nitrogens with zero attached hydrogens (tertiary/aromatic N) is 2. The van der Waals surface area contributed by atoms with E-state index >= 15 is 0 Å². The zero-order chi connectivity index (χ0) is 30.4. The van der Waals surface area contributed by atoms with Crippen LogP contribution in [0, 0.1) is 11.3 Å². The van der Waals surface area contributed by atoms with Gasteiger partial charge in [-0.05, 0) is 30.5 Å². The van der Waals surface area contributed by atoms with Crippen LogP contribution in [0.5, 0.6) is 0 Å². The van der Waals surface area contributed by atoms with Gasteiger partial charge in [-0.3, -0.25) is 19.4 Å². The van der Waals surface area contributed by atoms with E-state index in [4.69, 9.17) is 5.26 Å². The Hall–Kier alpha value is -3.86. The second-order valence-electron chi connectivity index (χ2n) is 9.69. The Morgan fingerprint density at radius 2 is 1.68 bits per heavy atom. The van der Waals surface area contributed by atoms with Crippen LogP contribution < -0.4 is 16.0 Å². The topological polar surface area (TPSA) is 199 Å². The minimum atomic E-state index is -3.77. The molecule has 0 saturated carbocycles. The third-order valence-electron chi connectivity index (χ3n) is 6.28. The molecule has 41 heavy (non-hydrogen) atoms. The van der Waals surface area contributed by atoms with E-state index < -0.39 is 63.6 Å². The van der Waals surface area contributed by atoms with Crippen molar-refractivity contribution in [1.29, 1.82) is 5.26 Å². The number of aromatic nitrogens is 1. The van der Waals surface area contributed by atoms with Crippen molar-refractivity contribution in [2.24, 2.45) is 0 Å². The van der Waals surface area contributed by atoms with Gasteiger partial charge in [0.1, 0.15) is 18.2 Å². The number of nitrogens with one attached hydrogen (secondary N) is 3. The molecule has 0 aliphatic heterocycles. The molecular formula is C28H37N5O7S. The van der Waals surface area contributed by atoms with Crippen molar-refractivity contribution in [2.45, 2.75) is 69.9 Å². The third kappa shape index (κ3) is 11.3. The summed E-state index contributed by atoms with van der Waals surface area (Å²) < 4.78 is 25.6. The highest BCUT2D eigenvalue weighted by Crippen LogP contribution is 2.14. The van der Waals surface area contributed by atoms with Crippen LogP contribution >= 0.6 is 0 Å². The molecule has 1 aromatic heterocycles. The first-order valence-corrected chi connectivity index (χ1v) is 15.0. The highest BCUT2D eigenvalue weighted by molar-refractivity contribution is 7.91. The molecule has 5 atom stereocenters. The van der Waals surface area contributed by atoms with Gasteiger partial charge in [-0.2, -0.15) is 5.26 Å². The summed E-state index contributed by atoms with van der Waals surface area (Å²) in [6.07, 6.45) is 0.0557. The molecule has 1 aromatic carbocycles. The lowest BCUT2D eigenvalue weighted by Crippen LogP contribution is -2.59. The number of aliphatic hydroxyl groups excluding tert-OH is 2. The molecule has 0 radical (unpaired) electrons. The number of unbranched alkanes of at least 4 members (excludes halogenated alkanes) is 1. The zero-order valence-electron chi connectivity index (χ0n) is 23.1. The van der Waals surface area contributed by atoms with E-state index in [1.807, 2.05) is 13.0 Å². The van der Waals surface area contributed by atoms with E-state index in [1.54, 1.807) is 30.3 Å². The Morgan fingerprint density at radius 3 is 2.27 bits per heavy atom. The highest BCUT2D eigenvalue weighted by Gasteiger charge is 2.36. The molecule has 0 fully saturated rings. The quantitative estimate of drug-likeness (QED) is 0.183. The Kier molecular flexibility index (Phi) is 13.4. The molecule has 12 nitrogen and oxygen atoms in total. The Balaban J connectivity index is 2.38. The van der Waals surface area contributed by atoms with Crippen LogP contribution in [-0.2, 0) is 25.8 Å². The molecule has 0 aliphatic carbocycles. The molecule has 13 heteroatoms. The number of amides is 3. The summed E-state index contributed by atoms with van der Waals surface area (Å²) in [6, 6.07) is 9.67. The van der Waals surface area contributed by atoms with Gasteiger partial charge in [0, 0.05) is 19.3 Å². The molecule has 3 amide bonds. The summed E-state index contributed by atoms with van der Waals surface area (Å²) >= 11 is 0. The number of aliphatic hydroxyl groups is 2. The average Bonchev–Trinajstić information content (AvgIpc) is 2.95. The van der Waals surface area contributed by atoms with E-state index in [1.165, 1.54) is 31.5 Å². The van der Waals surface area contributed by atoms with Gasteiger partial charge in [0.25, 0.3) is 5.91 Å². The van der Waals surface area contributed by atoms with Crippen molar-refractivity contribution >= 4 is 27.6 Å². The monoisotopic (exact) mass is 587 g/mol. The normalized spacial score (nSPS) is 14.9. The number of carbonyl (C=O) groups is 3. The minimum Gasteiger partial charge on any atom is -0.388 e. The second-order valence-corrected chi connectivity index (χ2v) is 11.9. The fourth-order valence-corrected chi connectivity index (χ4v) is 5.76. The van der Waals surface area contributed by atoms with E-state index in [0.717, 1.165) is 0 Å². The molecular weight excluding hydrogens is 550 g/mol.